The summed E-state index contributed by atoms with van der Waals surface area (Å²) in [6, 6.07) is 0. The quantitative estimate of drug-likeness (QED) is 0.138. The number of nitrogens with zero attached hydrogens (tertiary/aromatic N) is 1. The molecule has 0 bridgehead atoms. The fraction of sp³-hybridized carbons (Fsp3) is 0.938. The fourth-order valence-electron chi connectivity index (χ4n) is 2.33. The van der Waals surface area contributed by atoms with E-state index in [9.17, 15) is 13.5 Å². The molecule has 24 heavy (non-hydrogen) atoms. The summed E-state index contributed by atoms with van der Waals surface area (Å²) >= 11 is 0. The second-order valence-corrected chi connectivity index (χ2v) is 6.95. The van der Waals surface area contributed by atoms with Crippen LogP contribution in [0.25, 0.3) is 0 Å². The van der Waals surface area contributed by atoms with Gasteiger partial charge in [0.1, 0.15) is 0 Å². The average molecular weight is 373 g/mol. The Kier molecular flexibility index (Phi) is 20.1. The number of rotatable bonds is 16. The molecule has 0 heterocycles. The fourth-order valence-corrected chi connectivity index (χ4v) is 2.58. The van der Waals surface area contributed by atoms with Crippen molar-refractivity contribution < 1.29 is 51.8 Å². The summed E-state index contributed by atoms with van der Waals surface area (Å²) in [7, 11) is -4.56. The van der Waals surface area contributed by atoms with Gasteiger partial charge in [-0.25, -0.2) is 4.18 Å². The van der Waals surface area contributed by atoms with Crippen LogP contribution in [-0.4, -0.2) is 32.0 Å². The van der Waals surface area contributed by atoms with Gasteiger partial charge in [-0.2, -0.15) is 8.42 Å². The Labute approximate surface area is 169 Å². The van der Waals surface area contributed by atoms with E-state index in [1.165, 1.54) is 57.8 Å². The Hall–Kier alpha value is 0.340. The zero-order chi connectivity index (χ0) is 17.4. The molecule has 0 aromatic rings. The van der Waals surface area contributed by atoms with Crippen molar-refractivity contribution in [2.75, 3.05) is 13.2 Å². The van der Waals surface area contributed by atoms with Crippen LogP contribution in [0, 0.1) is 0 Å². The maximum Gasteiger partial charge on any atom is 1.00 e. The molecule has 8 heteroatoms. The van der Waals surface area contributed by atoms with Gasteiger partial charge in [0.15, 0.2) is 0 Å². The summed E-state index contributed by atoms with van der Waals surface area (Å²) in [5, 5.41) is 11.1. The first-order chi connectivity index (χ1) is 11.0. The van der Waals surface area contributed by atoms with Crippen LogP contribution in [0.4, 0.5) is 0 Å². The predicted molar refractivity (Wildman–Crippen MR) is 90.9 cm³/mol. The molecule has 0 saturated heterocycles. The van der Waals surface area contributed by atoms with Gasteiger partial charge in [-0.05, 0) is 12.3 Å². The Morgan fingerprint density at radius 1 is 0.917 bits per heavy atom. The number of unbranched alkanes of at least 4 members (excludes halogenated alkanes) is 11. The van der Waals surface area contributed by atoms with Crippen LogP contribution in [0.5, 0.6) is 0 Å². The maximum absolute atomic E-state index is 11.1. The van der Waals surface area contributed by atoms with Crippen molar-refractivity contribution >= 4 is 16.3 Å². The zero-order valence-electron chi connectivity index (χ0n) is 15.3. The van der Waals surface area contributed by atoms with Gasteiger partial charge in [0.05, 0.1) is 6.61 Å². The monoisotopic (exact) mass is 373 g/mol. The summed E-state index contributed by atoms with van der Waals surface area (Å²) in [5.41, 5.74) is 0. The molecule has 138 valence electrons. The molecule has 0 unspecified atom stereocenters. The van der Waals surface area contributed by atoms with Crippen LogP contribution < -0.4 is 34.7 Å². The molecule has 0 spiro atoms. The van der Waals surface area contributed by atoms with Crippen molar-refractivity contribution in [3.05, 3.63) is 0 Å². The Bertz CT molecular complexity index is 401. The van der Waals surface area contributed by atoms with Crippen LogP contribution in [0.1, 0.15) is 84.0 Å². The van der Waals surface area contributed by atoms with Gasteiger partial charge in [0.25, 0.3) is 0 Å². The first-order valence-corrected chi connectivity index (χ1v) is 10.1. The standard InChI is InChI=1S/C16H33NO5S.Na/c1-2-3-4-5-6-7-8-9-10-11-12-13-14-17-16(18)15-22-23(19,20)21;/h2-15H2,1H3,(H,17,18)(H,19,20,21);/q;+1/p-1. The van der Waals surface area contributed by atoms with E-state index in [4.69, 9.17) is 4.55 Å². The third-order valence-electron chi connectivity index (χ3n) is 3.63. The minimum absolute atomic E-state index is 0. The van der Waals surface area contributed by atoms with E-state index in [0.717, 1.165) is 19.3 Å². The Morgan fingerprint density at radius 3 is 1.75 bits per heavy atom. The van der Waals surface area contributed by atoms with Crippen molar-refractivity contribution in [2.24, 2.45) is 4.99 Å². The van der Waals surface area contributed by atoms with Gasteiger partial charge in [-0.1, -0.05) is 77.6 Å². The Balaban J connectivity index is 0. The van der Waals surface area contributed by atoms with Crippen LogP contribution >= 0.6 is 0 Å². The third kappa shape index (κ3) is 22.3. The topological polar surface area (TPSA) is 99.0 Å². The minimum atomic E-state index is -4.56. The van der Waals surface area contributed by atoms with Crippen molar-refractivity contribution in [1.82, 2.24) is 0 Å². The number of hydrogen-bond acceptors (Lipinski definition) is 5. The minimum Gasteiger partial charge on any atom is -0.860 e. The predicted octanol–water partition coefficient (Wildman–Crippen LogP) is 0.270. The zero-order valence-corrected chi connectivity index (χ0v) is 18.2. The third-order valence-corrected chi connectivity index (χ3v) is 4.05. The second kappa shape index (κ2) is 18.1. The van der Waals surface area contributed by atoms with Crippen LogP contribution in [0.3, 0.4) is 0 Å². The van der Waals surface area contributed by atoms with Gasteiger partial charge in [-0.3, -0.25) is 4.55 Å². The molecule has 0 aromatic heterocycles. The molecule has 0 fully saturated rings. The molecule has 0 amide bonds. The summed E-state index contributed by atoms with van der Waals surface area (Å²) in [6.45, 7) is 1.89. The summed E-state index contributed by atoms with van der Waals surface area (Å²) < 4.78 is 32.8. The maximum atomic E-state index is 11.1. The van der Waals surface area contributed by atoms with Crippen molar-refractivity contribution in [3.8, 4) is 0 Å². The van der Waals surface area contributed by atoms with Gasteiger partial charge in [0, 0.05) is 6.54 Å². The summed E-state index contributed by atoms with van der Waals surface area (Å²) in [5.74, 6) is -0.661. The first-order valence-electron chi connectivity index (χ1n) is 8.78. The molecule has 0 atom stereocenters. The molecule has 0 aromatic carbocycles. The van der Waals surface area contributed by atoms with Crippen LogP contribution in [0.15, 0.2) is 4.99 Å². The smallest absolute Gasteiger partial charge is 0.860 e. The molecule has 1 N–H and O–H groups in total. The van der Waals surface area contributed by atoms with Crippen molar-refractivity contribution in [2.45, 2.75) is 84.0 Å². The van der Waals surface area contributed by atoms with E-state index in [0.29, 0.717) is 6.54 Å². The SMILES string of the molecule is CCCCCCCCCCCCCCN=C([O-])COS(=O)(=O)O.[Na+]. The molecular weight excluding hydrogens is 341 g/mol. The largest absolute Gasteiger partial charge is 1.00 e. The molecule has 0 radical (unpaired) electrons. The second-order valence-electron chi connectivity index (χ2n) is 5.85. The Morgan fingerprint density at radius 2 is 1.33 bits per heavy atom. The van der Waals surface area contributed by atoms with E-state index in [-0.39, 0.29) is 29.6 Å². The van der Waals surface area contributed by atoms with Gasteiger partial charge >= 0.3 is 40.0 Å². The van der Waals surface area contributed by atoms with Gasteiger partial charge < -0.3 is 10.1 Å². The van der Waals surface area contributed by atoms with Crippen molar-refractivity contribution in [3.63, 3.8) is 0 Å². The number of aliphatic imine (C=N–C) groups is 1. The van der Waals surface area contributed by atoms with E-state index < -0.39 is 22.9 Å². The molecule has 0 rings (SSSR count). The first kappa shape index (κ1) is 26.6. The van der Waals surface area contributed by atoms with Crippen LogP contribution in [0.2, 0.25) is 0 Å². The van der Waals surface area contributed by atoms with E-state index in [1.807, 2.05) is 0 Å². The molecule has 0 saturated carbocycles. The average Bonchev–Trinajstić information content (AvgIpc) is 2.49. The summed E-state index contributed by atoms with van der Waals surface area (Å²) in [4.78, 5) is 3.67. The number of hydrogen-bond donors (Lipinski definition) is 1. The normalized spacial score (nSPS) is 12.2. The van der Waals surface area contributed by atoms with E-state index in [2.05, 4.69) is 16.1 Å². The van der Waals surface area contributed by atoms with Crippen LogP contribution in [-0.2, 0) is 14.6 Å². The molecular formula is C16H32NNaO5S. The molecule has 0 aliphatic heterocycles. The molecule has 0 aliphatic rings. The summed E-state index contributed by atoms with van der Waals surface area (Å²) in [6.07, 6.45) is 14.8. The molecule has 6 nitrogen and oxygen atoms in total. The van der Waals surface area contributed by atoms with Crippen molar-refractivity contribution in [1.29, 1.82) is 0 Å². The van der Waals surface area contributed by atoms with E-state index >= 15 is 0 Å². The van der Waals surface area contributed by atoms with Gasteiger partial charge in [0.2, 0.25) is 0 Å². The van der Waals surface area contributed by atoms with Gasteiger partial charge in [-0.15, -0.1) is 0 Å². The molecule has 0 aliphatic carbocycles. The van der Waals surface area contributed by atoms with E-state index in [1.54, 1.807) is 0 Å².